The van der Waals surface area contributed by atoms with Gasteiger partial charge in [0.15, 0.2) is 0 Å². The van der Waals surface area contributed by atoms with E-state index < -0.39 is 0 Å². The normalized spacial score (nSPS) is 0. The molecule has 0 aliphatic rings. The minimum absolute atomic E-state index is 0. The standard InChI is InChI=1S/3Al.7H2O.7O.3Ti/h;;;7*1H2;;;;;;;;;;/q3*+3;;;;;;;;7*-2;3*+4/p-7. The Hall–Kier alpha value is 3.18. The molecule has 0 amide bonds. The summed E-state index contributed by atoms with van der Waals surface area (Å²) in [6.07, 6.45) is 0. The largest absolute Gasteiger partial charge is 4.00 e. The molecule has 0 fully saturated rings. The zero-order valence-electron chi connectivity index (χ0n) is 9.22. The Morgan fingerprint density at radius 2 is 0.200 bits per heavy atom. The number of hydrogen-bond donors (Lipinski definition) is 0. The summed E-state index contributed by atoms with van der Waals surface area (Å²) in [5.74, 6) is 0. The van der Waals surface area contributed by atoms with Crippen molar-refractivity contribution in [2.45, 2.75) is 0 Å². The van der Waals surface area contributed by atoms with E-state index in [1.165, 1.54) is 0 Å². The molecule has 20 heteroatoms. The van der Waals surface area contributed by atoms with Crippen molar-refractivity contribution < 1.29 is 142 Å². The van der Waals surface area contributed by atoms with Crippen LogP contribution in [-0.2, 0) is 103 Å². The quantitative estimate of drug-likeness (QED) is 0.335. The van der Waals surface area contributed by atoms with Gasteiger partial charge in [-0.25, -0.2) is 0 Å². The van der Waals surface area contributed by atoms with Crippen LogP contribution >= 0.6 is 0 Å². The van der Waals surface area contributed by atoms with Gasteiger partial charge in [0.05, 0.1) is 0 Å². The van der Waals surface area contributed by atoms with E-state index in [-0.39, 0.29) is 194 Å². The van der Waals surface area contributed by atoms with Crippen LogP contribution < -0.4 is 0 Å². The Labute approximate surface area is 192 Å². The average molecular weight is 456 g/mol. The topological polar surface area (TPSA) is 410 Å². The van der Waals surface area contributed by atoms with Crippen LogP contribution in [0.5, 0.6) is 0 Å². The van der Waals surface area contributed by atoms with Crippen LogP contribution in [0.25, 0.3) is 0 Å². The second-order valence-corrected chi connectivity index (χ2v) is 0. The van der Waals surface area contributed by atoms with E-state index in [9.17, 15) is 0 Å². The van der Waals surface area contributed by atoms with E-state index in [0.717, 1.165) is 0 Å². The second kappa shape index (κ2) is 984. The summed E-state index contributed by atoms with van der Waals surface area (Å²) in [4.78, 5) is 0. The molecular formula is H7Al3O14Ti3. The fraction of sp³-hybridized carbons (Fsp3) is 0. The monoisotopic (exact) mass is 456 g/mol. The van der Waals surface area contributed by atoms with Gasteiger partial charge in [-0.3, -0.25) is 0 Å². The van der Waals surface area contributed by atoms with Gasteiger partial charge in [-0.2, -0.15) is 0 Å². The second-order valence-electron chi connectivity index (χ2n) is 0. The van der Waals surface area contributed by atoms with Crippen LogP contribution in [0.15, 0.2) is 0 Å². The first kappa shape index (κ1) is 1130. The van der Waals surface area contributed by atoms with Crippen molar-refractivity contribution in [3.63, 3.8) is 0 Å². The van der Waals surface area contributed by atoms with Gasteiger partial charge in [-0.1, -0.05) is 0 Å². The number of rotatable bonds is 0. The third kappa shape index (κ3) is 853. The van der Waals surface area contributed by atoms with Crippen molar-refractivity contribution in [1.29, 1.82) is 0 Å². The number of hydrogen-bond acceptors (Lipinski definition) is 7. The average Bonchev–Trinajstić information content (AvgIpc) is 0. The van der Waals surface area contributed by atoms with Crippen LogP contribution in [0.3, 0.4) is 0 Å². The predicted octanol–water partition coefficient (Wildman–Crippen LogP) is -3.22. The molecule has 0 saturated heterocycles. The molecule has 0 atom stereocenters. The summed E-state index contributed by atoms with van der Waals surface area (Å²) in [5.41, 5.74) is 0. The van der Waals surface area contributed by atoms with Crippen molar-refractivity contribution in [1.82, 2.24) is 0 Å². The maximum Gasteiger partial charge on any atom is 4.00 e. The SMILES string of the molecule is [Al+3].[Al+3].[Al+3].[O-2].[O-2].[O-2].[O-2].[O-2].[O-2].[O-2].[OH-].[OH-].[OH-].[OH-].[OH-].[OH-].[OH-].[Ti+4].[Ti+4].[Ti+4]. The van der Waals surface area contributed by atoms with Crippen molar-refractivity contribution in [2.75, 3.05) is 0 Å². The van der Waals surface area contributed by atoms with E-state index in [0.29, 0.717) is 0 Å². The molecule has 14 nitrogen and oxygen atoms in total. The Morgan fingerprint density at radius 1 is 0.200 bits per heavy atom. The van der Waals surface area contributed by atoms with Gasteiger partial charge < -0.3 is 76.7 Å². The Balaban J connectivity index is 0. The fourth-order valence-electron chi connectivity index (χ4n) is 0. The Bertz CT molecular complexity index is 23.6. The van der Waals surface area contributed by atoms with Crippen molar-refractivity contribution in [2.24, 2.45) is 0 Å². The molecule has 0 aromatic carbocycles. The summed E-state index contributed by atoms with van der Waals surface area (Å²) >= 11 is 0. The first-order chi connectivity index (χ1) is 0. The zero-order chi connectivity index (χ0) is 0. The summed E-state index contributed by atoms with van der Waals surface area (Å²) in [6, 6.07) is 0. The van der Waals surface area contributed by atoms with Crippen molar-refractivity contribution >= 4 is 52.1 Å². The van der Waals surface area contributed by atoms with E-state index in [1.54, 1.807) is 0 Å². The molecule has 0 heterocycles. The molecule has 0 aromatic heterocycles. The minimum Gasteiger partial charge on any atom is -2.00 e. The zero-order valence-corrected chi connectivity index (χ0v) is 17.4. The summed E-state index contributed by atoms with van der Waals surface area (Å²) < 4.78 is 0. The van der Waals surface area contributed by atoms with E-state index in [2.05, 4.69) is 0 Å². The first-order valence-corrected chi connectivity index (χ1v) is 0. The maximum absolute atomic E-state index is 0. The fourth-order valence-corrected chi connectivity index (χ4v) is 0. The summed E-state index contributed by atoms with van der Waals surface area (Å²) in [7, 11) is 0. The van der Waals surface area contributed by atoms with Gasteiger partial charge >= 0.3 is 117 Å². The molecule has 0 aromatic rings. The summed E-state index contributed by atoms with van der Waals surface area (Å²) in [5, 5.41) is 0. The molecule has 0 radical (unpaired) electrons. The first-order valence-electron chi connectivity index (χ1n) is 0. The predicted molar refractivity (Wildman–Crippen MR) is 35.6 cm³/mol. The van der Waals surface area contributed by atoms with E-state index >= 15 is 0 Å². The molecule has 20 heavy (non-hydrogen) atoms. The van der Waals surface area contributed by atoms with Crippen LogP contribution in [0.4, 0.5) is 0 Å². The van der Waals surface area contributed by atoms with Gasteiger partial charge in [0, 0.05) is 0 Å². The molecule has 0 bridgehead atoms. The van der Waals surface area contributed by atoms with Crippen molar-refractivity contribution in [3.05, 3.63) is 0 Å². The molecule has 0 saturated carbocycles. The summed E-state index contributed by atoms with van der Waals surface area (Å²) in [6.45, 7) is 0. The van der Waals surface area contributed by atoms with Gasteiger partial charge in [0.1, 0.15) is 0 Å². The smallest absolute Gasteiger partial charge is 2.00 e. The van der Waals surface area contributed by atoms with Gasteiger partial charge in [-0.15, -0.1) is 0 Å². The van der Waals surface area contributed by atoms with Gasteiger partial charge in [-0.05, 0) is 0 Å². The van der Waals surface area contributed by atoms with E-state index in [1.807, 2.05) is 0 Å². The molecule has 0 rings (SSSR count). The minimum atomic E-state index is 0. The third-order valence-corrected chi connectivity index (χ3v) is 0. The molecule has 7 N–H and O–H groups in total. The van der Waals surface area contributed by atoms with Crippen molar-refractivity contribution in [3.8, 4) is 0 Å². The van der Waals surface area contributed by atoms with Gasteiger partial charge in [0.25, 0.3) is 0 Å². The van der Waals surface area contributed by atoms with Crippen LogP contribution in [0.2, 0.25) is 0 Å². The molecule has 112 valence electrons. The molecule has 0 spiro atoms. The van der Waals surface area contributed by atoms with E-state index in [4.69, 9.17) is 0 Å². The maximum atomic E-state index is 0. The van der Waals surface area contributed by atoms with Crippen LogP contribution in [-0.4, -0.2) is 90.4 Å². The Morgan fingerprint density at radius 3 is 0.200 bits per heavy atom. The van der Waals surface area contributed by atoms with Crippen LogP contribution in [0, 0.1) is 0 Å². The molecule has 0 unspecified atom stereocenters. The Kier molecular flexibility index (Phi) is 55500. The third-order valence-electron chi connectivity index (χ3n) is 0. The molecule has 0 aliphatic carbocycles. The molecule has 0 aliphatic heterocycles. The van der Waals surface area contributed by atoms with Gasteiger partial charge in [0.2, 0.25) is 0 Å². The van der Waals surface area contributed by atoms with Crippen LogP contribution in [0.1, 0.15) is 0 Å². The molecular weight excluding hydrogens is 449 g/mol.